The summed E-state index contributed by atoms with van der Waals surface area (Å²) in [7, 11) is 0. The molecule has 0 atom stereocenters. The SMILES string of the molecule is CC(C)NC(=O)c1ccccc1NC(=O)c1ccccc1OCCc1ccccc1. The van der Waals surface area contributed by atoms with Gasteiger partial charge in [-0.3, -0.25) is 9.59 Å². The summed E-state index contributed by atoms with van der Waals surface area (Å²) in [6.07, 6.45) is 0.745. The molecule has 30 heavy (non-hydrogen) atoms. The van der Waals surface area contributed by atoms with Crippen LogP contribution in [0.5, 0.6) is 5.75 Å². The predicted octanol–water partition coefficient (Wildman–Crippen LogP) is 4.70. The van der Waals surface area contributed by atoms with Gasteiger partial charge >= 0.3 is 0 Å². The average molecular weight is 402 g/mol. The van der Waals surface area contributed by atoms with E-state index in [0.717, 1.165) is 6.42 Å². The lowest BCUT2D eigenvalue weighted by atomic mass is 10.1. The molecule has 0 bridgehead atoms. The molecule has 0 saturated carbocycles. The maximum atomic E-state index is 12.9. The van der Waals surface area contributed by atoms with Crippen LogP contribution in [0.4, 0.5) is 5.69 Å². The van der Waals surface area contributed by atoms with Gasteiger partial charge in [-0.25, -0.2) is 0 Å². The summed E-state index contributed by atoms with van der Waals surface area (Å²) in [4.78, 5) is 25.4. The van der Waals surface area contributed by atoms with Crippen LogP contribution >= 0.6 is 0 Å². The normalized spacial score (nSPS) is 10.5. The molecule has 5 nitrogen and oxygen atoms in total. The van der Waals surface area contributed by atoms with Crippen molar-refractivity contribution in [3.05, 3.63) is 95.6 Å². The van der Waals surface area contributed by atoms with E-state index in [2.05, 4.69) is 10.6 Å². The molecule has 3 aromatic carbocycles. The molecule has 3 aromatic rings. The molecular weight excluding hydrogens is 376 g/mol. The molecule has 5 heteroatoms. The zero-order valence-electron chi connectivity index (χ0n) is 17.2. The molecule has 2 N–H and O–H groups in total. The van der Waals surface area contributed by atoms with Crippen molar-refractivity contribution >= 4 is 17.5 Å². The summed E-state index contributed by atoms with van der Waals surface area (Å²) in [5.74, 6) is -0.0431. The van der Waals surface area contributed by atoms with Crippen molar-refractivity contribution in [2.24, 2.45) is 0 Å². The number of benzene rings is 3. The zero-order valence-corrected chi connectivity index (χ0v) is 17.2. The number of carbonyl (C=O) groups excluding carboxylic acids is 2. The first-order chi connectivity index (χ1) is 14.5. The third kappa shape index (κ3) is 5.70. The predicted molar refractivity (Wildman–Crippen MR) is 119 cm³/mol. The van der Waals surface area contributed by atoms with E-state index in [0.29, 0.717) is 29.2 Å². The van der Waals surface area contributed by atoms with E-state index in [1.807, 2.05) is 50.2 Å². The van der Waals surface area contributed by atoms with Crippen LogP contribution in [0.3, 0.4) is 0 Å². The number of para-hydroxylation sites is 2. The Kier molecular flexibility index (Phi) is 7.22. The van der Waals surface area contributed by atoms with Crippen molar-refractivity contribution in [3.63, 3.8) is 0 Å². The van der Waals surface area contributed by atoms with Crippen molar-refractivity contribution in [1.82, 2.24) is 5.32 Å². The molecule has 0 fully saturated rings. The lowest BCUT2D eigenvalue weighted by Crippen LogP contribution is -2.31. The molecule has 0 aliphatic heterocycles. The van der Waals surface area contributed by atoms with Crippen molar-refractivity contribution in [1.29, 1.82) is 0 Å². The van der Waals surface area contributed by atoms with Crippen LogP contribution in [-0.4, -0.2) is 24.5 Å². The Morgan fingerprint density at radius 2 is 1.43 bits per heavy atom. The summed E-state index contributed by atoms with van der Waals surface area (Å²) >= 11 is 0. The van der Waals surface area contributed by atoms with Gasteiger partial charge in [0.25, 0.3) is 11.8 Å². The fraction of sp³-hybridized carbons (Fsp3) is 0.200. The first-order valence-electron chi connectivity index (χ1n) is 10.0. The van der Waals surface area contributed by atoms with Gasteiger partial charge in [-0.05, 0) is 43.7 Å². The Labute approximate surface area is 177 Å². The Bertz CT molecular complexity index is 1000. The second-order valence-electron chi connectivity index (χ2n) is 7.21. The highest BCUT2D eigenvalue weighted by Gasteiger charge is 2.17. The minimum atomic E-state index is -0.324. The molecule has 0 radical (unpaired) electrons. The van der Waals surface area contributed by atoms with Crippen molar-refractivity contribution in [3.8, 4) is 5.75 Å². The molecule has 0 saturated heterocycles. The molecule has 0 aromatic heterocycles. The van der Waals surface area contributed by atoms with Crippen LogP contribution in [-0.2, 0) is 6.42 Å². The van der Waals surface area contributed by atoms with Gasteiger partial charge in [0, 0.05) is 12.5 Å². The standard InChI is InChI=1S/C25H26N2O3/c1-18(2)26-24(28)20-12-6-8-14-22(20)27-25(29)21-13-7-9-15-23(21)30-17-16-19-10-4-3-5-11-19/h3-15,18H,16-17H2,1-2H3,(H,26,28)(H,27,29). The van der Waals surface area contributed by atoms with Gasteiger partial charge in [0.1, 0.15) is 5.75 Å². The molecule has 0 unspecified atom stereocenters. The van der Waals surface area contributed by atoms with Crippen LogP contribution in [0.25, 0.3) is 0 Å². The van der Waals surface area contributed by atoms with Gasteiger partial charge in [0.05, 0.1) is 23.4 Å². The Balaban J connectivity index is 1.71. The molecule has 0 aliphatic rings. The highest BCUT2D eigenvalue weighted by atomic mass is 16.5. The lowest BCUT2D eigenvalue weighted by Gasteiger charge is -2.15. The van der Waals surface area contributed by atoms with Crippen LogP contribution in [0.2, 0.25) is 0 Å². The third-order valence-electron chi connectivity index (χ3n) is 4.46. The van der Waals surface area contributed by atoms with Crippen LogP contribution in [0, 0.1) is 0 Å². The summed E-state index contributed by atoms with van der Waals surface area (Å²) in [5, 5.41) is 5.70. The number of amides is 2. The molecule has 0 spiro atoms. The molecular formula is C25H26N2O3. The smallest absolute Gasteiger partial charge is 0.259 e. The van der Waals surface area contributed by atoms with Gasteiger partial charge in [-0.15, -0.1) is 0 Å². The van der Waals surface area contributed by atoms with Crippen LogP contribution in [0.1, 0.15) is 40.1 Å². The second kappa shape index (κ2) is 10.3. The molecule has 154 valence electrons. The van der Waals surface area contributed by atoms with E-state index < -0.39 is 0 Å². The summed E-state index contributed by atoms with van der Waals surface area (Å²) in [5.41, 5.74) is 2.47. The maximum Gasteiger partial charge on any atom is 0.259 e. The van der Waals surface area contributed by atoms with Gasteiger partial charge in [-0.2, -0.15) is 0 Å². The van der Waals surface area contributed by atoms with Crippen molar-refractivity contribution in [2.45, 2.75) is 26.3 Å². The Hall–Kier alpha value is -3.60. The van der Waals surface area contributed by atoms with Gasteiger partial charge in [0.15, 0.2) is 0 Å². The van der Waals surface area contributed by atoms with E-state index in [4.69, 9.17) is 4.74 Å². The highest BCUT2D eigenvalue weighted by molar-refractivity contribution is 6.10. The van der Waals surface area contributed by atoms with Crippen LogP contribution < -0.4 is 15.4 Å². The van der Waals surface area contributed by atoms with E-state index >= 15 is 0 Å². The molecule has 2 amide bonds. The van der Waals surface area contributed by atoms with Gasteiger partial charge in [0.2, 0.25) is 0 Å². The number of rotatable bonds is 8. The second-order valence-corrected chi connectivity index (χ2v) is 7.21. The Morgan fingerprint density at radius 3 is 2.17 bits per heavy atom. The van der Waals surface area contributed by atoms with E-state index in [1.165, 1.54) is 5.56 Å². The lowest BCUT2D eigenvalue weighted by molar-refractivity contribution is 0.0944. The Morgan fingerprint density at radius 1 is 0.800 bits per heavy atom. The average Bonchev–Trinajstić information content (AvgIpc) is 2.74. The maximum absolute atomic E-state index is 12.9. The van der Waals surface area contributed by atoms with E-state index in [9.17, 15) is 9.59 Å². The minimum Gasteiger partial charge on any atom is -0.492 e. The number of hydrogen-bond acceptors (Lipinski definition) is 3. The fourth-order valence-corrected chi connectivity index (χ4v) is 3.02. The number of anilines is 1. The highest BCUT2D eigenvalue weighted by Crippen LogP contribution is 2.22. The summed E-state index contributed by atoms with van der Waals surface area (Å²) in [6, 6.07) is 24.1. The topological polar surface area (TPSA) is 67.4 Å². The molecule has 3 rings (SSSR count). The summed E-state index contributed by atoms with van der Waals surface area (Å²) in [6.45, 7) is 4.24. The fourth-order valence-electron chi connectivity index (χ4n) is 3.02. The van der Waals surface area contributed by atoms with Crippen molar-refractivity contribution in [2.75, 3.05) is 11.9 Å². The molecule has 0 aliphatic carbocycles. The monoisotopic (exact) mass is 402 g/mol. The van der Waals surface area contributed by atoms with Crippen molar-refractivity contribution < 1.29 is 14.3 Å². The quantitative estimate of drug-likeness (QED) is 0.574. The zero-order chi connectivity index (χ0) is 21.3. The van der Waals surface area contributed by atoms with Gasteiger partial charge < -0.3 is 15.4 Å². The summed E-state index contributed by atoms with van der Waals surface area (Å²) < 4.78 is 5.89. The third-order valence-corrected chi connectivity index (χ3v) is 4.46. The largest absolute Gasteiger partial charge is 0.492 e. The van der Waals surface area contributed by atoms with Crippen LogP contribution in [0.15, 0.2) is 78.9 Å². The number of nitrogens with one attached hydrogen (secondary N) is 2. The number of ether oxygens (including phenoxy) is 1. The minimum absolute atomic E-state index is 0.00000165. The first-order valence-corrected chi connectivity index (χ1v) is 10.0. The van der Waals surface area contributed by atoms with E-state index in [1.54, 1.807) is 42.5 Å². The molecule has 0 heterocycles. The number of hydrogen-bond donors (Lipinski definition) is 2. The van der Waals surface area contributed by atoms with E-state index in [-0.39, 0.29) is 17.9 Å². The first kappa shape index (κ1) is 21.1. The number of carbonyl (C=O) groups is 2. The van der Waals surface area contributed by atoms with Gasteiger partial charge in [-0.1, -0.05) is 54.6 Å².